The molecule has 15 heavy (non-hydrogen) atoms. The zero-order chi connectivity index (χ0) is 10.8. The molecule has 5 heteroatoms. The molecule has 0 saturated heterocycles. The summed E-state index contributed by atoms with van der Waals surface area (Å²) in [6.07, 6.45) is 1.58. The SMILES string of the molecule is O=C1C=C(c2ccc([N+](=O)[O-])cc2)CS1. The van der Waals surface area contributed by atoms with Crippen molar-refractivity contribution in [2.45, 2.75) is 0 Å². The average molecular weight is 221 g/mol. The lowest BCUT2D eigenvalue weighted by molar-refractivity contribution is -0.384. The van der Waals surface area contributed by atoms with E-state index >= 15 is 0 Å². The van der Waals surface area contributed by atoms with Crippen LogP contribution in [0.4, 0.5) is 5.69 Å². The summed E-state index contributed by atoms with van der Waals surface area (Å²) >= 11 is 1.25. The molecule has 0 amide bonds. The highest BCUT2D eigenvalue weighted by Gasteiger charge is 2.14. The Balaban J connectivity index is 2.28. The minimum absolute atomic E-state index is 0.0448. The predicted molar refractivity (Wildman–Crippen MR) is 58.5 cm³/mol. The summed E-state index contributed by atoms with van der Waals surface area (Å²) in [5, 5.41) is 10.5. The first kappa shape index (κ1) is 9.92. The third-order valence-electron chi connectivity index (χ3n) is 2.11. The summed E-state index contributed by atoms with van der Waals surface area (Å²) in [4.78, 5) is 21.0. The maximum atomic E-state index is 11.0. The normalized spacial score (nSPS) is 15.2. The van der Waals surface area contributed by atoms with Crippen LogP contribution in [0, 0.1) is 10.1 Å². The lowest BCUT2D eigenvalue weighted by Crippen LogP contribution is -1.89. The standard InChI is InChI=1S/C10H7NO3S/c12-10-5-8(6-15-10)7-1-3-9(4-2-7)11(13)14/h1-5H,6H2. The molecule has 4 nitrogen and oxygen atoms in total. The van der Waals surface area contributed by atoms with Crippen molar-refractivity contribution in [1.29, 1.82) is 0 Å². The van der Waals surface area contributed by atoms with Crippen LogP contribution in [0.2, 0.25) is 0 Å². The van der Waals surface area contributed by atoms with Gasteiger partial charge in [-0.3, -0.25) is 14.9 Å². The van der Waals surface area contributed by atoms with Crippen molar-refractivity contribution < 1.29 is 9.72 Å². The van der Waals surface area contributed by atoms with Gasteiger partial charge < -0.3 is 0 Å². The van der Waals surface area contributed by atoms with Gasteiger partial charge in [0.25, 0.3) is 5.69 Å². The van der Waals surface area contributed by atoms with Crippen LogP contribution in [0.3, 0.4) is 0 Å². The van der Waals surface area contributed by atoms with Crippen LogP contribution in [-0.4, -0.2) is 15.8 Å². The van der Waals surface area contributed by atoms with Crippen LogP contribution in [0.1, 0.15) is 5.56 Å². The molecule has 1 aliphatic heterocycles. The molecule has 76 valence electrons. The zero-order valence-corrected chi connectivity index (χ0v) is 8.49. The Hall–Kier alpha value is -1.62. The van der Waals surface area contributed by atoms with Crippen LogP contribution in [0.15, 0.2) is 30.3 Å². The van der Waals surface area contributed by atoms with Crippen LogP contribution < -0.4 is 0 Å². The van der Waals surface area contributed by atoms with Crippen LogP contribution in [0.5, 0.6) is 0 Å². The minimum Gasteiger partial charge on any atom is -0.282 e. The number of non-ortho nitro benzene ring substituents is 1. The number of nitro groups is 1. The van der Waals surface area contributed by atoms with E-state index in [9.17, 15) is 14.9 Å². The first-order chi connectivity index (χ1) is 7.16. The van der Waals surface area contributed by atoms with Gasteiger partial charge in [0.05, 0.1) is 4.92 Å². The van der Waals surface area contributed by atoms with Crippen molar-refractivity contribution in [2.24, 2.45) is 0 Å². The summed E-state index contributed by atoms with van der Waals surface area (Å²) in [5.41, 5.74) is 1.87. The van der Waals surface area contributed by atoms with Crippen LogP contribution in [-0.2, 0) is 4.79 Å². The molecule has 0 aliphatic carbocycles. The monoisotopic (exact) mass is 221 g/mol. The van der Waals surface area contributed by atoms with Crippen molar-refractivity contribution >= 4 is 28.1 Å². The van der Waals surface area contributed by atoms with Gasteiger partial charge in [-0.05, 0) is 29.3 Å². The second kappa shape index (κ2) is 3.86. The average Bonchev–Trinajstić information content (AvgIpc) is 2.65. The van der Waals surface area contributed by atoms with E-state index in [1.165, 1.54) is 23.9 Å². The summed E-state index contributed by atoms with van der Waals surface area (Å²) in [7, 11) is 0. The van der Waals surface area contributed by atoms with Crippen molar-refractivity contribution in [2.75, 3.05) is 5.75 Å². The smallest absolute Gasteiger partial charge is 0.269 e. The zero-order valence-electron chi connectivity index (χ0n) is 7.67. The molecule has 0 atom stereocenters. The Kier molecular flexibility index (Phi) is 2.55. The highest BCUT2D eigenvalue weighted by molar-refractivity contribution is 8.14. The fourth-order valence-electron chi connectivity index (χ4n) is 1.34. The number of benzene rings is 1. The van der Waals surface area contributed by atoms with E-state index in [4.69, 9.17) is 0 Å². The number of thioether (sulfide) groups is 1. The molecule has 0 spiro atoms. The van der Waals surface area contributed by atoms with Gasteiger partial charge in [-0.1, -0.05) is 11.8 Å². The third kappa shape index (κ3) is 2.07. The lowest BCUT2D eigenvalue weighted by Gasteiger charge is -1.99. The first-order valence-corrected chi connectivity index (χ1v) is 5.27. The molecular formula is C10H7NO3S. The van der Waals surface area contributed by atoms with Gasteiger partial charge in [0, 0.05) is 17.9 Å². The minimum atomic E-state index is -0.438. The Labute approximate surface area is 90.1 Å². The molecule has 0 fully saturated rings. The summed E-state index contributed by atoms with van der Waals surface area (Å²) in [6.45, 7) is 0. The fraction of sp³-hybridized carbons (Fsp3) is 0.100. The predicted octanol–water partition coefficient (Wildman–Crippen LogP) is 2.25. The summed E-state index contributed by atoms with van der Waals surface area (Å²) < 4.78 is 0. The van der Waals surface area contributed by atoms with E-state index in [0.29, 0.717) is 5.75 Å². The van der Waals surface area contributed by atoms with E-state index in [1.54, 1.807) is 18.2 Å². The van der Waals surface area contributed by atoms with E-state index < -0.39 is 4.92 Å². The third-order valence-corrected chi connectivity index (χ3v) is 2.97. The highest BCUT2D eigenvalue weighted by Crippen LogP contribution is 2.28. The molecule has 0 unspecified atom stereocenters. The van der Waals surface area contributed by atoms with Gasteiger partial charge >= 0.3 is 0 Å². The first-order valence-electron chi connectivity index (χ1n) is 4.29. The highest BCUT2D eigenvalue weighted by atomic mass is 32.2. The largest absolute Gasteiger partial charge is 0.282 e. The van der Waals surface area contributed by atoms with Crippen molar-refractivity contribution in [3.63, 3.8) is 0 Å². The molecule has 0 bridgehead atoms. The van der Waals surface area contributed by atoms with Gasteiger partial charge in [0.1, 0.15) is 0 Å². The van der Waals surface area contributed by atoms with Gasteiger partial charge in [-0.2, -0.15) is 0 Å². The van der Waals surface area contributed by atoms with Gasteiger partial charge in [0.15, 0.2) is 0 Å². The molecule has 0 aromatic heterocycles. The summed E-state index contributed by atoms with van der Waals surface area (Å²) in [6, 6.07) is 6.24. The molecule has 1 heterocycles. The number of nitro benzene ring substituents is 1. The molecule has 0 N–H and O–H groups in total. The van der Waals surface area contributed by atoms with Crippen LogP contribution >= 0.6 is 11.8 Å². The molecular weight excluding hydrogens is 214 g/mol. The number of hydrogen-bond acceptors (Lipinski definition) is 4. The van der Waals surface area contributed by atoms with Crippen molar-refractivity contribution in [3.8, 4) is 0 Å². The van der Waals surface area contributed by atoms with Gasteiger partial charge in [0.2, 0.25) is 5.12 Å². The van der Waals surface area contributed by atoms with Crippen LogP contribution in [0.25, 0.3) is 5.57 Å². The Morgan fingerprint density at radius 2 is 1.93 bits per heavy atom. The Bertz CT molecular complexity index is 450. The number of rotatable bonds is 2. The second-order valence-electron chi connectivity index (χ2n) is 3.08. The molecule has 2 rings (SSSR count). The second-order valence-corrected chi connectivity index (χ2v) is 4.06. The fourth-order valence-corrected chi connectivity index (χ4v) is 2.11. The lowest BCUT2D eigenvalue weighted by atomic mass is 10.1. The quantitative estimate of drug-likeness (QED) is 0.567. The van der Waals surface area contributed by atoms with Crippen molar-refractivity contribution in [1.82, 2.24) is 0 Å². The molecule has 1 aromatic carbocycles. The number of carbonyl (C=O) groups excluding carboxylic acids is 1. The number of nitrogens with zero attached hydrogens (tertiary/aromatic N) is 1. The van der Waals surface area contributed by atoms with Crippen molar-refractivity contribution in [3.05, 3.63) is 46.0 Å². The maximum Gasteiger partial charge on any atom is 0.269 e. The van der Waals surface area contributed by atoms with Gasteiger partial charge in [-0.15, -0.1) is 0 Å². The summed E-state index contributed by atoms with van der Waals surface area (Å²) in [5.74, 6) is 0.649. The Morgan fingerprint density at radius 3 is 2.40 bits per heavy atom. The Morgan fingerprint density at radius 1 is 1.27 bits per heavy atom. The van der Waals surface area contributed by atoms with Gasteiger partial charge in [-0.25, -0.2) is 0 Å². The molecule has 1 aliphatic rings. The number of carbonyl (C=O) groups is 1. The van der Waals surface area contributed by atoms with E-state index in [0.717, 1.165) is 11.1 Å². The number of hydrogen-bond donors (Lipinski definition) is 0. The molecule has 0 saturated carbocycles. The topological polar surface area (TPSA) is 60.2 Å². The maximum absolute atomic E-state index is 11.0. The molecule has 1 aromatic rings. The van der Waals surface area contributed by atoms with E-state index in [-0.39, 0.29) is 10.8 Å². The molecule has 0 radical (unpaired) electrons. The van der Waals surface area contributed by atoms with E-state index in [1.807, 2.05) is 0 Å². The van der Waals surface area contributed by atoms with E-state index in [2.05, 4.69) is 0 Å².